The maximum atomic E-state index is 13.9. The summed E-state index contributed by atoms with van der Waals surface area (Å²) in [6.45, 7) is 7.45. The highest BCUT2D eigenvalue weighted by atomic mass is 35.5. The van der Waals surface area contributed by atoms with E-state index in [4.69, 9.17) is 11.6 Å². The molecule has 1 aromatic rings. The Hall–Kier alpha value is -0.600. The summed E-state index contributed by atoms with van der Waals surface area (Å²) >= 11 is 5.83. The minimum atomic E-state index is -0.286. The van der Waals surface area contributed by atoms with Crippen molar-refractivity contribution in [3.8, 4) is 0 Å². The zero-order valence-electron chi connectivity index (χ0n) is 12.6. The molecule has 1 aliphatic rings. The molecule has 1 nitrogen and oxygen atoms in total. The highest BCUT2D eigenvalue weighted by Gasteiger charge is 2.30. The molecule has 0 radical (unpaired) electrons. The van der Waals surface area contributed by atoms with Crippen LogP contribution >= 0.6 is 11.6 Å². The minimum Gasteiger partial charge on any atom is -0.310 e. The second kappa shape index (κ2) is 6.91. The highest BCUT2D eigenvalue weighted by Crippen LogP contribution is 2.33. The van der Waals surface area contributed by atoms with Crippen LogP contribution in [0.1, 0.15) is 45.6 Å². The first-order chi connectivity index (χ1) is 9.49. The summed E-state index contributed by atoms with van der Waals surface area (Å²) in [4.78, 5) is 0. The molecule has 0 saturated heterocycles. The molecule has 0 aromatic heterocycles. The molecule has 20 heavy (non-hydrogen) atoms. The summed E-state index contributed by atoms with van der Waals surface area (Å²) in [6, 6.07) is 5.70. The SMILES string of the molecule is CC1CCC(C(C)C)C(NCc2cccc(Cl)c2F)C1. The van der Waals surface area contributed by atoms with Gasteiger partial charge in [0, 0.05) is 18.2 Å². The van der Waals surface area contributed by atoms with Gasteiger partial charge < -0.3 is 5.32 Å². The van der Waals surface area contributed by atoms with E-state index in [1.54, 1.807) is 6.07 Å². The van der Waals surface area contributed by atoms with Crippen molar-refractivity contribution in [3.63, 3.8) is 0 Å². The summed E-state index contributed by atoms with van der Waals surface area (Å²) in [5.41, 5.74) is 0.665. The first-order valence-corrected chi connectivity index (χ1v) is 8.03. The fraction of sp³-hybridized carbons (Fsp3) is 0.647. The van der Waals surface area contributed by atoms with E-state index in [9.17, 15) is 4.39 Å². The lowest BCUT2D eigenvalue weighted by atomic mass is 9.74. The van der Waals surface area contributed by atoms with Gasteiger partial charge in [0.1, 0.15) is 5.82 Å². The van der Waals surface area contributed by atoms with E-state index in [2.05, 4.69) is 26.1 Å². The number of benzene rings is 1. The summed E-state index contributed by atoms with van der Waals surface area (Å²) in [5.74, 6) is 1.83. The Balaban J connectivity index is 2.02. The average molecular weight is 298 g/mol. The summed E-state index contributed by atoms with van der Waals surface area (Å²) in [5, 5.41) is 3.78. The Kier molecular flexibility index (Phi) is 5.45. The number of halogens is 2. The standard InChI is InChI=1S/C17H25ClFN/c1-11(2)14-8-7-12(3)9-16(14)20-10-13-5-4-6-15(18)17(13)19/h4-6,11-12,14,16,20H,7-10H2,1-3H3. The third-order valence-electron chi connectivity index (χ3n) is 4.61. The van der Waals surface area contributed by atoms with Crippen LogP contribution in [0.2, 0.25) is 5.02 Å². The van der Waals surface area contributed by atoms with Crippen molar-refractivity contribution in [2.75, 3.05) is 0 Å². The molecule has 0 aliphatic heterocycles. The lowest BCUT2D eigenvalue weighted by Crippen LogP contribution is -2.42. The molecule has 112 valence electrons. The van der Waals surface area contributed by atoms with E-state index >= 15 is 0 Å². The van der Waals surface area contributed by atoms with Crippen molar-refractivity contribution in [3.05, 3.63) is 34.6 Å². The summed E-state index contributed by atoms with van der Waals surface area (Å²) in [7, 11) is 0. The summed E-state index contributed by atoms with van der Waals surface area (Å²) in [6.07, 6.45) is 3.77. The van der Waals surface area contributed by atoms with Gasteiger partial charge in [-0.1, -0.05) is 50.9 Å². The maximum absolute atomic E-state index is 13.9. The van der Waals surface area contributed by atoms with Gasteiger partial charge in [0.25, 0.3) is 0 Å². The lowest BCUT2D eigenvalue weighted by molar-refractivity contribution is 0.169. The second-order valence-corrected chi connectivity index (χ2v) is 6.93. The molecule has 3 atom stereocenters. The fourth-order valence-corrected chi connectivity index (χ4v) is 3.56. The number of rotatable bonds is 4. The van der Waals surface area contributed by atoms with Gasteiger partial charge in [0.2, 0.25) is 0 Å². The van der Waals surface area contributed by atoms with E-state index in [0.717, 1.165) is 5.92 Å². The predicted molar refractivity (Wildman–Crippen MR) is 83.4 cm³/mol. The van der Waals surface area contributed by atoms with E-state index in [1.807, 2.05) is 12.1 Å². The smallest absolute Gasteiger partial charge is 0.146 e. The Morgan fingerprint density at radius 1 is 1.35 bits per heavy atom. The van der Waals surface area contributed by atoms with Crippen LogP contribution in [-0.2, 0) is 6.54 Å². The monoisotopic (exact) mass is 297 g/mol. The van der Waals surface area contributed by atoms with Crippen molar-refractivity contribution in [2.45, 2.75) is 52.6 Å². The second-order valence-electron chi connectivity index (χ2n) is 6.53. The predicted octanol–water partition coefficient (Wildman–Crippen LogP) is 5.03. The largest absolute Gasteiger partial charge is 0.310 e. The minimum absolute atomic E-state index is 0.210. The number of hydrogen-bond donors (Lipinski definition) is 1. The van der Waals surface area contributed by atoms with Crippen molar-refractivity contribution in [2.24, 2.45) is 17.8 Å². The first-order valence-electron chi connectivity index (χ1n) is 7.65. The zero-order chi connectivity index (χ0) is 14.7. The van der Waals surface area contributed by atoms with Crippen molar-refractivity contribution >= 4 is 11.6 Å². The molecular weight excluding hydrogens is 273 g/mol. The molecule has 1 saturated carbocycles. The summed E-state index contributed by atoms with van der Waals surface area (Å²) < 4.78 is 13.9. The number of hydrogen-bond acceptors (Lipinski definition) is 1. The normalized spacial score (nSPS) is 27.0. The quantitative estimate of drug-likeness (QED) is 0.822. The maximum Gasteiger partial charge on any atom is 0.146 e. The Bertz CT molecular complexity index is 447. The topological polar surface area (TPSA) is 12.0 Å². The van der Waals surface area contributed by atoms with Crippen LogP contribution in [0.4, 0.5) is 4.39 Å². The van der Waals surface area contributed by atoms with Gasteiger partial charge in [0.15, 0.2) is 0 Å². The van der Waals surface area contributed by atoms with E-state index in [1.165, 1.54) is 19.3 Å². The lowest BCUT2D eigenvalue weighted by Gasteiger charge is -2.38. The van der Waals surface area contributed by atoms with Crippen LogP contribution in [-0.4, -0.2) is 6.04 Å². The Morgan fingerprint density at radius 3 is 2.80 bits per heavy atom. The van der Waals surface area contributed by atoms with Gasteiger partial charge in [-0.25, -0.2) is 4.39 Å². The van der Waals surface area contributed by atoms with Crippen molar-refractivity contribution in [1.29, 1.82) is 0 Å². The van der Waals surface area contributed by atoms with Crippen LogP contribution in [0.3, 0.4) is 0 Å². The third-order valence-corrected chi connectivity index (χ3v) is 4.90. The number of nitrogens with one attached hydrogen (secondary N) is 1. The molecule has 0 bridgehead atoms. The van der Waals surface area contributed by atoms with Crippen LogP contribution in [0.5, 0.6) is 0 Å². The average Bonchev–Trinajstić information content (AvgIpc) is 2.40. The molecule has 3 heteroatoms. The highest BCUT2D eigenvalue weighted by molar-refractivity contribution is 6.30. The van der Waals surface area contributed by atoms with E-state index < -0.39 is 0 Å². The molecule has 1 N–H and O–H groups in total. The molecule has 1 aromatic carbocycles. The molecule has 1 aliphatic carbocycles. The molecule has 3 unspecified atom stereocenters. The van der Waals surface area contributed by atoms with Gasteiger partial charge >= 0.3 is 0 Å². The molecule has 0 amide bonds. The molecule has 1 fully saturated rings. The van der Waals surface area contributed by atoms with E-state index in [-0.39, 0.29) is 10.8 Å². The van der Waals surface area contributed by atoms with E-state index in [0.29, 0.717) is 30.0 Å². The third kappa shape index (κ3) is 3.73. The van der Waals surface area contributed by atoms with Crippen LogP contribution in [0.25, 0.3) is 0 Å². The molecular formula is C17H25ClFN. The fourth-order valence-electron chi connectivity index (χ4n) is 3.36. The van der Waals surface area contributed by atoms with Gasteiger partial charge in [0.05, 0.1) is 5.02 Å². The molecule has 2 rings (SSSR count). The zero-order valence-corrected chi connectivity index (χ0v) is 13.4. The van der Waals surface area contributed by atoms with Gasteiger partial charge in [-0.15, -0.1) is 0 Å². The molecule has 0 spiro atoms. The van der Waals surface area contributed by atoms with Gasteiger partial charge in [-0.05, 0) is 36.7 Å². The van der Waals surface area contributed by atoms with Crippen LogP contribution in [0, 0.1) is 23.6 Å². The van der Waals surface area contributed by atoms with Crippen LogP contribution in [0.15, 0.2) is 18.2 Å². The first kappa shape index (κ1) is 15.8. The van der Waals surface area contributed by atoms with Crippen LogP contribution < -0.4 is 5.32 Å². The Labute approximate surface area is 126 Å². The van der Waals surface area contributed by atoms with Gasteiger partial charge in [-0.3, -0.25) is 0 Å². The molecule has 0 heterocycles. The van der Waals surface area contributed by atoms with Gasteiger partial charge in [-0.2, -0.15) is 0 Å². The van der Waals surface area contributed by atoms with Crippen molar-refractivity contribution in [1.82, 2.24) is 5.32 Å². The van der Waals surface area contributed by atoms with Crippen molar-refractivity contribution < 1.29 is 4.39 Å². The Morgan fingerprint density at radius 2 is 2.10 bits per heavy atom.